The Hall–Kier alpha value is -0.680. The SMILES string of the molecule is C1=COSN1.c1cscn1. The molecule has 2 rings (SSSR count). The van der Waals surface area contributed by atoms with Crippen LogP contribution >= 0.6 is 23.6 Å². The van der Waals surface area contributed by atoms with Gasteiger partial charge >= 0.3 is 0 Å². The molecule has 0 amide bonds. The normalized spacial score (nSPS) is 12.8. The van der Waals surface area contributed by atoms with Crippen LogP contribution < -0.4 is 4.72 Å². The monoisotopic (exact) mass is 174 g/mol. The molecule has 1 aromatic rings. The predicted octanol–water partition coefficient (Wildman–Crippen LogP) is 1.78. The Morgan fingerprint density at radius 2 is 2.50 bits per heavy atom. The van der Waals surface area contributed by atoms with Crippen LogP contribution in [0.15, 0.2) is 29.5 Å². The fourth-order valence-electron chi connectivity index (χ4n) is 0.315. The highest BCUT2D eigenvalue weighted by atomic mass is 32.2. The molecule has 0 saturated heterocycles. The molecule has 2 heterocycles. The lowest BCUT2D eigenvalue weighted by Gasteiger charge is -1.77. The Labute approximate surface area is 67.5 Å². The molecule has 0 bridgehead atoms. The zero-order chi connectivity index (χ0) is 7.07. The smallest absolute Gasteiger partial charge is 0.175 e. The van der Waals surface area contributed by atoms with E-state index in [1.54, 1.807) is 35.5 Å². The van der Waals surface area contributed by atoms with E-state index in [1.165, 1.54) is 12.2 Å². The van der Waals surface area contributed by atoms with Crippen molar-refractivity contribution >= 4 is 23.6 Å². The quantitative estimate of drug-likeness (QED) is 0.480. The minimum absolute atomic E-state index is 1.21. The van der Waals surface area contributed by atoms with Gasteiger partial charge in [-0.05, 0) is 0 Å². The maximum atomic E-state index is 4.57. The van der Waals surface area contributed by atoms with Crippen LogP contribution in [0.3, 0.4) is 0 Å². The molecule has 0 unspecified atom stereocenters. The second-order valence-electron chi connectivity index (χ2n) is 1.28. The van der Waals surface area contributed by atoms with Crippen LogP contribution in [0.1, 0.15) is 0 Å². The van der Waals surface area contributed by atoms with Crippen molar-refractivity contribution in [1.29, 1.82) is 0 Å². The summed E-state index contributed by atoms with van der Waals surface area (Å²) in [6.07, 6.45) is 5.08. The number of hydrogen-bond donors (Lipinski definition) is 1. The van der Waals surface area contributed by atoms with Crippen molar-refractivity contribution in [1.82, 2.24) is 9.71 Å². The van der Waals surface area contributed by atoms with Crippen LogP contribution in [0.25, 0.3) is 0 Å². The fraction of sp³-hybridized carbons (Fsp3) is 0. The van der Waals surface area contributed by atoms with Crippen LogP contribution in [-0.2, 0) is 4.18 Å². The molecule has 1 aromatic heterocycles. The van der Waals surface area contributed by atoms with Gasteiger partial charge in [0.1, 0.15) is 6.26 Å². The molecule has 0 aromatic carbocycles. The molecular formula is C5H6N2OS2. The van der Waals surface area contributed by atoms with Crippen LogP contribution in [0.4, 0.5) is 0 Å². The molecule has 1 aliphatic heterocycles. The zero-order valence-corrected chi connectivity index (χ0v) is 6.69. The van der Waals surface area contributed by atoms with E-state index in [-0.39, 0.29) is 0 Å². The summed E-state index contributed by atoms with van der Waals surface area (Å²) in [4.78, 5) is 3.74. The third-order valence-corrected chi connectivity index (χ3v) is 1.60. The molecule has 54 valence electrons. The summed E-state index contributed by atoms with van der Waals surface area (Å²) in [5, 5.41) is 1.93. The Kier molecular flexibility index (Phi) is 3.81. The Bertz CT molecular complexity index is 153. The van der Waals surface area contributed by atoms with Gasteiger partial charge in [-0.1, -0.05) is 0 Å². The molecule has 0 radical (unpaired) electrons. The average molecular weight is 174 g/mol. The van der Waals surface area contributed by atoms with Gasteiger partial charge in [-0.15, -0.1) is 11.3 Å². The first-order valence-corrected chi connectivity index (χ1v) is 4.23. The molecule has 0 aliphatic carbocycles. The lowest BCUT2D eigenvalue weighted by molar-refractivity contribution is 0.578. The summed E-state index contributed by atoms with van der Waals surface area (Å²) >= 11 is 2.81. The van der Waals surface area contributed by atoms with Gasteiger partial charge in [-0.3, -0.25) is 4.98 Å². The van der Waals surface area contributed by atoms with Gasteiger partial charge in [0.15, 0.2) is 12.2 Å². The number of nitrogens with zero attached hydrogens (tertiary/aromatic N) is 1. The van der Waals surface area contributed by atoms with E-state index < -0.39 is 0 Å². The number of aromatic nitrogens is 1. The number of nitrogens with one attached hydrogen (secondary N) is 1. The van der Waals surface area contributed by atoms with Crippen molar-refractivity contribution in [3.8, 4) is 0 Å². The summed E-state index contributed by atoms with van der Waals surface area (Å²) in [6, 6.07) is 0. The van der Waals surface area contributed by atoms with Gasteiger partial charge in [0, 0.05) is 17.8 Å². The Morgan fingerprint density at radius 1 is 1.50 bits per heavy atom. The largest absolute Gasteiger partial charge is 0.412 e. The lowest BCUT2D eigenvalue weighted by Crippen LogP contribution is -1.77. The van der Waals surface area contributed by atoms with E-state index in [1.807, 2.05) is 5.38 Å². The standard InChI is InChI=1S/C3H3NS.C2H3NOS/c1-2-5-3-4-1;1-2-4-5-3-1/h2*1-3H. The number of rotatable bonds is 0. The molecule has 10 heavy (non-hydrogen) atoms. The van der Waals surface area contributed by atoms with Gasteiger partial charge in [0.25, 0.3) is 0 Å². The van der Waals surface area contributed by atoms with E-state index in [0.717, 1.165) is 0 Å². The molecular weight excluding hydrogens is 168 g/mol. The first-order valence-electron chi connectivity index (χ1n) is 2.55. The van der Waals surface area contributed by atoms with Gasteiger partial charge in [-0.25, -0.2) is 0 Å². The fourth-order valence-corrected chi connectivity index (χ4v) is 0.944. The third-order valence-electron chi connectivity index (χ3n) is 0.635. The van der Waals surface area contributed by atoms with Crippen molar-refractivity contribution < 1.29 is 4.18 Å². The van der Waals surface area contributed by atoms with E-state index >= 15 is 0 Å². The Balaban J connectivity index is 0.0000001000. The Morgan fingerprint density at radius 3 is 2.70 bits per heavy atom. The minimum atomic E-state index is 1.21. The molecule has 5 heteroatoms. The van der Waals surface area contributed by atoms with Gasteiger partial charge in [0.05, 0.1) is 5.51 Å². The molecule has 0 spiro atoms. The summed E-state index contributed by atoms with van der Waals surface area (Å²) in [6.45, 7) is 0. The van der Waals surface area contributed by atoms with Gasteiger partial charge < -0.3 is 8.91 Å². The molecule has 3 nitrogen and oxygen atoms in total. The highest BCUT2D eigenvalue weighted by Gasteiger charge is 1.83. The van der Waals surface area contributed by atoms with Crippen molar-refractivity contribution in [3.63, 3.8) is 0 Å². The van der Waals surface area contributed by atoms with Crippen LogP contribution in [0.5, 0.6) is 0 Å². The molecule has 0 fully saturated rings. The van der Waals surface area contributed by atoms with Crippen LogP contribution in [-0.4, -0.2) is 4.98 Å². The zero-order valence-electron chi connectivity index (χ0n) is 5.06. The maximum absolute atomic E-state index is 4.57. The second-order valence-corrected chi connectivity index (χ2v) is 2.63. The second kappa shape index (κ2) is 5.13. The average Bonchev–Trinajstić information content (AvgIpc) is 2.67. The number of hydrogen-bond acceptors (Lipinski definition) is 5. The maximum Gasteiger partial charge on any atom is 0.175 e. The summed E-state index contributed by atoms with van der Waals surface area (Å²) in [7, 11) is 0. The molecule has 1 N–H and O–H groups in total. The number of thiazole rings is 1. The van der Waals surface area contributed by atoms with Crippen LogP contribution in [0, 0.1) is 0 Å². The minimum Gasteiger partial charge on any atom is -0.412 e. The van der Waals surface area contributed by atoms with E-state index in [2.05, 4.69) is 13.9 Å². The van der Waals surface area contributed by atoms with E-state index in [0.29, 0.717) is 0 Å². The highest BCUT2D eigenvalue weighted by molar-refractivity contribution is 7.93. The highest BCUT2D eigenvalue weighted by Crippen LogP contribution is 2.01. The molecule has 1 aliphatic rings. The first-order chi connectivity index (χ1) is 5.00. The van der Waals surface area contributed by atoms with Gasteiger partial charge in [-0.2, -0.15) is 0 Å². The molecule has 0 atom stereocenters. The first kappa shape index (κ1) is 7.43. The predicted molar refractivity (Wildman–Crippen MR) is 43.1 cm³/mol. The molecule has 0 saturated carbocycles. The van der Waals surface area contributed by atoms with Crippen molar-refractivity contribution in [2.24, 2.45) is 0 Å². The van der Waals surface area contributed by atoms with Gasteiger partial charge in [0.2, 0.25) is 0 Å². The third kappa shape index (κ3) is 3.37. The lowest BCUT2D eigenvalue weighted by atomic mass is 11.0. The van der Waals surface area contributed by atoms with Crippen LogP contribution in [0.2, 0.25) is 0 Å². The summed E-state index contributed by atoms with van der Waals surface area (Å²) in [5.74, 6) is 0. The van der Waals surface area contributed by atoms with Crippen molar-refractivity contribution in [3.05, 3.63) is 29.5 Å². The topological polar surface area (TPSA) is 34.1 Å². The summed E-state index contributed by atoms with van der Waals surface area (Å²) in [5.41, 5.74) is 1.79. The van der Waals surface area contributed by atoms with Crippen molar-refractivity contribution in [2.45, 2.75) is 0 Å². The van der Waals surface area contributed by atoms with E-state index in [4.69, 9.17) is 0 Å². The van der Waals surface area contributed by atoms with E-state index in [9.17, 15) is 0 Å². The van der Waals surface area contributed by atoms with Crippen molar-refractivity contribution in [2.75, 3.05) is 0 Å². The summed E-state index contributed by atoms with van der Waals surface area (Å²) < 4.78 is 7.31.